The number of carbonyl (C=O) groups is 2. The number of benzene rings is 2. The van der Waals surface area contributed by atoms with E-state index >= 15 is 0 Å². The van der Waals surface area contributed by atoms with Crippen LogP contribution in [-0.2, 0) is 14.0 Å². The molecule has 6 rings (SSSR count). The molecule has 4 aliphatic carbocycles. The second kappa shape index (κ2) is 11.2. The van der Waals surface area contributed by atoms with Gasteiger partial charge in [0.1, 0.15) is 11.6 Å². The van der Waals surface area contributed by atoms with Gasteiger partial charge in [-0.05, 0) is 102 Å². The smallest absolute Gasteiger partial charge is 0.261 e. The van der Waals surface area contributed by atoms with Crippen molar-refractivity contribution >= 4 is 30.3 Å². The minimum absolute atomic E-state index is 0.0144. The molecule has 43 heavy (non-hydrogen) atoms. The van der Waals surface area contributed by atoms with Gasteiger partial charge in [0.15, 0.2) is 0 Å². The maximum Gasteiger partial charge on any atom is 0.261 e. The van der Waals surface area contributed by atoms with Gasteiger partial charge in [0, 0.05) is 12.0 Å². The van der Waals surface area contributed by atoms with Crippen LogP contribution in [0.25, 0.3) is 0 Å². The van der Waals surface area contributed by atoms with Crippen LogP contribution in [0.1, 0.15) is 99.3 Å². The van der Waals surface area contributed by atoms with Crippen LogP contribution in [-0.4, -0.2) is 26.0 Å². The van der Waals surface area contributed by atoms with Crippen LogP contribution in [0, 0.1) is 34.5 Å². The summed E-state index contributed by atoms with van der Waals surface area (Å²) in [6.45, 7) is 13.7. The monoisotopic (exact) mass is 596 g/mol. The Morgan fingerprint density at radius 3 is 2.07 bits per heavy atom. The van der Waals surface area contributed by atoms with E-state index in [1.807, 2.05) is 0 Å². The Hall–Kier alpha value is -2.30. The average Bonchev–Trinajstić information content (AvgIpc) is 3.33. The first kappa shape index (κ1) is 30.7. The van der Waals surface area contributed by atoms with Gasteiger partial charge in [0.05, 0.1) is 6.42 Å². The molecule has 3 unspecified atom stereocenters. The molecular weight excluding hydrogens is 545 g/mol. The summed E-state index contributed by atoms with van der Waals surface area (Å²) in [6.07, 6.45) is 11.8. The highest BCUT2D eigenvalue weighted by atomic mass is 28.4. The third kappa shape index (κ3) is 5.05. The SMILES string of the molecule is CC(=O)CC(=O)[C@H]1CCC2C3CC=C4C[C@@H](O[Si](c5ccccc5)(c5ccccc5)C(C)(C)C)CC[C@]4(C)C3CC[C@@]21C. The largest absolute Gasteiger partial charge is 0.404 e. The second-order valence-electron chi connectivity index (χ2n) is 15.9. The molecule has 0 saturated heterocycles. The molecule has 0 heterocycles. The second-order valence-corrected chi connectivity index (χ2v) is 20.2. The van der Waals surface area contributed by atoms with Crippen molar-refractivity contribution in [1.29, 1.82) is 0 Å². The molecule has 0 aliphatic heterocycles. The molecule has 4 aliphatic rings. The van der Waals surface area contributed by atoms with E-state index in [1.165, 1.54) is 23.2 Å². The highest BCUT2D eigenvalue weighted by Gasteiger charge is 2.60. The molecule has 2 aromatic rings. The molecule has 0 aromatic heterocycles. The molecule has 7 atom stereocenters. The van der Waals surface area contributed by atoms with E-state index in [9.17, 15) is 9.59 Å². The fourth-order valence-corrected chi connectivity index (χ4v) is 15.3. The molecule has 3 saturated carbocycles. The maximum absolute atomic E-state index is 13.1. The van der Waals surface area contributed by atoms with E-state index in [4.69, 9.17) is 4.43 Å². The first-order valence-electron chi connectivity index (χ1n) is 16.9. The normalized spacial score (nSPS) is 34.0. The molecule has 0 radical (unpaired) electrons. The Labute approximate surface area is 261 Å². The molecule has 230 valence electrons. The summed E-state index contributed by atoms with van der Waals surface area (Å²) in [5.74, 6) is 2.21. The summed E-state index contributed by atoms with van der Waals surface area (Å²) in [7, 11) is -2.59. The van der Waals surface area contributed by atoms with Crippen molar-refractivity contribution < 1.29 is 14.0 Å². The van der Waals surface area contributed by atoms with Crippen molar-refractivity contribution in [1.82, 2.24) is 0 Å². The van der Waals surface area contributed by atoms with Gasteiger partial charge in [-0.2, -0.15) is 0 Å². The van der Waals surface area contributed by atoms with Crippen LogP contribution in [0.5, 0.6) is 0 Å². The molecule has 0 N–H and O–H groups in total. The Kier molecular flexibility index (Phi) is 8.03. The number of carbonyl (C=O) groups excluding carboxylic acids is 2. The van der Waals surface area contributed by atoms with Crippen molar-refractivity contribution in [2.45, 2.75) is 110 Å². The lowest BCUT2D eigenvalue weighted by Crippen LogP contribution is -2.68. The van der Waals surface area contributed by atoms with Crippen LogP contribution in [0.15, 0.2) is 72.3 Å². The van der Waals surface area contributed by atoms with Crippen LogP contribution in [0.4, 0.5) is 0 Å². The van der Waals surface area contributed by atoms with E-state index in [2.05, 4.69) is 101 Å². The predicted molar refractivity (Wildman–Crippen MR) is 178 cm³/mol. The van der Waals surface area contributed by atoms with Gasteiger partial charge in [0.2, 0.25) is 0 Å². The van der Waals surface area contributed by atoms with Crippen molar-refractivity contribution in [3.8, 4) is 0 Å². The molecule has 3 nitrogen and oxygen atoms in total. The zero-order chi connectivity index (χ0) is 30.6. The molecule has 3 fully saturated rings. The Balaban J connectivity index is 1.27. The zero-order valence-electron chi connectivity index (χ0n) is 27.3. The molecule has 0 spiro atoms. The van der Waals surface area contributed by atoms with Gasteiger partial charge in [-0.25, -0.2) is 0 Å². The number of hydrogen-bond donors (Lipinski definition) is 0. The van der Waals surface area contributed by atoms with E-state index in [-0.39, 0.29) is 45.9 Å². The summed E-state index contributed by atoms with van der Waals surface area (Å²) < 4.78 is 7.64. The zero-order valence-corrected chi connectivity index (χ0v) is 28.3. The average molecular weight is 597 g/mol. The molecule has 2 aromatic carbocycles. The van der Waals surface area contributed by atoms with Gasteiger partial charge in [-0.15, -0.1) is 0 Å². The number of hydrogen-bond acceptors (Lipinski definition) is 3. The lowest BCUT2D eigenvalue weighted by atomic mass is 9.47. The predicted octanol–water partition coefficient (Wildman–Crippen LogP) is 8.06. The van der Waals surface area contributed by atoms with Gasteiger partial charge in [-0.1, -0.05) is 107 Å². The van der Waals surface area contributed by atoms with E-state index in [0.29, 0.717) is 17.8 Å². The minimum atomic E-state index is -2.59. The van der Waals surface area contributed by atoms with Gasteiger partial charge < -0.3 is 4.43 Å². The van der Waals surface area contributed by atoms with E-state index < -0.39 is 8.32 Å². The molecule has 0 bridgehead atoms. The van der Waals surface area contributed by atoms with Crippen LogP contribution in [0.3, 0.4) is 0 Å². The van der Waals surface area contributed by atoms with Crippen LogP contribution >= 0.6 is 0 Å². The van der Waals surface area contributed by atoms with Crippen molar-refractivity contribution in [3.05, 3.63) is 72.3 Å². The van der Waals surface area contributed by atoms with Gasteiger partial charge in [-0.3, -0.25) is 9.59 Å². The van der Waals surface area contributed by atoms with Crippen molar-refractivity contribution in [2.24, 2.45) is 34.5 Å². The lowest BCUT2D eigenvalue weighted by Gasteiger charge is -2.58. The Morgan fingerprint density at radius 1 is 0.860 bits per heavy atom. The van der Waals surface area contributed by atoms with Gasteiger partial charge >= 0.3 is 0 Å². The lowest BCUT2D eigenvalue weighted by molar-refractivity contribution is -0.133. The summed E-state index contributed by atoms with van der Waals surface area (Å²) >= 11 is 0. The van der Waals surface area contributed by atoms with Crippen LogP contribution < -0.4 is 10.4 Å². The summed E-state index contributed by atoms with van der Waals surface area (Å²) in [5, 5.41) is 2.71. The summed E-state index contributed by atoms with van der Waals surface area (Å²) in [4.78, 5) is 24.9. The number of allylic oxidation sites excluding steroid dienone is 1. The van der Waals surface area contributed by atoms with E-state index in [0.717, 1.165) is 38.5 Å². The number of fused-ring (bicyclic) bond motifs is 5. The third-order valence-corrected chi connectivity index (χ3v) is 17.7. The number of Topliss-reactive ketones (excluding diaryl/α,β-unsaturated/α-hetero) is 2. The molecule has 4 heteroatoms. The molecule has 0 amide bonds. The first-order chi connectivity index (χ1) is 20.4. The Bertz CT molecular complexity index is 1330. The molecular formula is C39H52O3Si. The van der Waals surface area contributed by atoms with Crippen LogP contribution in [0.2, 0.25) is 5.04 Å². The minimum Gasteiger partial charge on any atom is -0.404 e. The van der Waals surface area contributed by atoms with Gasteiger partial charge in [0.25, 0.3) is 8.32 Å². The topological polar surface area (TPSA) is 43.4 Å². The quantitative estimate of drug-likeness (QED) is 0.184. The highest BCUT2D eigenvalue weighted by Crippen LogP contribution is 2.66. The third-order valence-electron chi connectivity index (χ3n) is 12.6. The first-order valence-corrected chi connectivity index (χ1v) is 18.8. The maximum atomic E-state index is 13.1. The fraction of sp³-hybridized carbons (Fsp3) is 0.590. The van der Waals surface area contributed by atoms with E-state index in [1.54, 1.807) is 12.5 Å². The summed E-state index contributed by atoms with van der Waals surface area (Å²) in [6, 6.07) is 22.1. The number of rotatable bonds is 7. The standard InChI is InChI=1S/C39H52O3Si/c1-27(40)25-36(41)35-20-19-33-32-18-17-28-26-29(21-23-38(28,5)34(32)22-24-39(33,35)6)42-43(37(2,3)4,30-13-9-7-10-14-30)31-15-11-8-12-16-31/h7-17,29,32-35H,18-26H2,1-6H3/t29-,32?,33?,34?,35+,38-,39-/m0/s1. The number of ketones is 2. The fourth-order valence-electron chi connectivity index (χ4n) is 10.6. The highest BCUT2D eigenvalue weighted by molar-refractivity contribution is 6.99. The Morgan fingerprint density at radius 2 is 1.49 bits per heavy atom. The van der Waals surface area contributed by atoms with Crippen molar-refractivity contribution in [2.75, 3.05) is 0 Å². The van der Waals surface area contributed by atoms with Crippen molar-refractivity contribution in [3.63, 3.8) is 0 Å². The summed E-state index contributed by atoms with van der Waals surface area (Å²) in [5.41, 5.74) is 1.91.